The second-order valence-corrected chi connectivity index (χ2v) is 25.8. The van der Waals surface area contributed by atoms with Gasteiger partial charge in [0, 0.05) is 148 Å². The Kier molecular flexibility index (Phi) is 46.5. The highest BCUT2D eigenvalue weighted by Gasteiger charge is 2.26. The molecule has 0 bridgehead atoms. The van der Waals surface area contributed by atoms with E-state index in [1.807, 2.05) is 0 Å². The van der Waals surface area contributed by atoms with Crippen molar-refractivity contribution >= 4 is 56.9 Å². The Morgan fingerprint density at radius 1 is 0.228 bits per heavy atom. The van der Waals surface area contributed by atoms with Gasteiger partial charge in [-0.2, -0.15) is 9.15 Å². The highest BCUT2D eigenvalue weighted by molar-refractivity contribution is 6.20. The number of benzene rings is 4. The number of unbranched alkanes of at least 4 members (excludes halogenated alkanes) is 24. The maximum absolute atomic E-state index is 8.41. The molecule has 0 saturated carbocycles. The average molecular weight is 1310 g/mol. The SMILES string of the molecule is CCCCCCN(CCCCCC)c1ccc([N+](=C2C=CC(=[N+](c3ccc(N(CCCCCC)CCCCCC)cc3)c3ccc(N(CCCCCC)CCCCCC)cc3)C=C2)c2ccc(N(CCCCCC)CCCCCC)cc2)cc1.[O-][Cl+2]([O-])[O-].[O-][Cl+2]([O-])[O-]. The number of hydrogen-bond donors (Lipinski definition) is 0. The summed E-state index contributed by atoms with van der Waals surface area (Å²) < 4.78 is 55.4. The van der Waals surface area contributed by atoms with Crippen molar-refractivity contribution in [3.63, 3.8) is 0 Å². The summed E-state index contributed by atoms with van der Waals surface area (Å²) in [6.45, 7) is 27.6. The van der Waals surface area contributed by atoms with Crippen LogP contribution in [0.2, 0.25) is 0 Å². The second kappa shape index (κ2) is 52.5. The highest BCUT2D eigenvalue weighted by Crippen LogP contribution is 2.32. The molecule has 0 heterocycles. The lowest BCUT2D eigenvalue weighted by Crippen LogP contribution is -2.43. The van der Waals surface area contributed by atoms with Gasteiger partial charge in [0.2, 0.25) is 34.2 Å². The molecule has 0 unspecified atom stereocenters. The predicted molar refractivity (Wildman–Crippen MR) is 379 cm³/mol. The van der Waals surface area contributed by atoms with Gasteiger partial charge in [-0.25, -0.2) is 0 Å². The lowest BCUT2D eigenvalue weighted by Gasteiger charge is -2.25. The van der Waals surface area contributed by atoms with Crippen LogP contribution in [0.1, 0.15) is 261 Å². The molecule has 5 rings (SSSR count). The Bertz CT molecular complexity index is 2170. The minimum atomic E-state index is -2.85. The van der Waals surface area contributed by atoms with Gasteiger partial charge >= 0.3 is 0 Å². The van der Waals surface area contributed by atoms with Crippen molar-refractivity contribution in [3.8, 4) is 0 Å². The van der Waals surface area contributed by atoms with Crippen LogP contribution >= 0.6 is 0 Å². The molecule has 92 heavy (non-hydrogen) atoms. The Balaban J connectivity index is 0.00000260. The maximum Gasteiger partial charge on any atom is 0.212 e. The van der Waals surface area contributed by atoms with Crippen molar-refractivity contribution < 1.29 is 49.5 Å². The topological polar surface area (TPSA) is 157 Å². The van der Waals surface area contributed by atoms with Gasteiger partial charge in [-0.05, 0) is 99.9 Å². The quantitative estimate of drug-likeness (QED) is 0.0237. The minimum Gasteiger partial charge on any atom is -0.372 e. The van der Waals surface area contributed by atoms with Gasteiger partial charge in [0.15, 0.2) is 0 Å². The molecule has 12 nitrogen and oxygen atoms in total. The van der Waals surface area contributed by atoms with Gasteiger partial charge in [-0.15, -0.1) is 0 Å². The van der Waals surface area contributed by atoms with E-state index in [1.54, 1.807) is 0 Å². The van der Waals surface area contributed by atoms with Gasteiger partial charge < -0.3 is 47.6 Å². The van der Waals surface area contributed by atoms with Crippen molar-refractivity contribution in [1.82, 2.24) is 9.15 Å². The first-order valence-corrected chi connectivity index (χ1v) is 38.3. The van der Waals surface area contributed by atoms with Crippen LogP contribution in [0, 0.1) is 21.6 Å². The summed E-state index contributed by atoms with van der Waals surface area (Å²) in [6.07, 6.45) is 50.6. The van der Waals surface area contributed by atoms with E-state index < -0.39 is 21.6 Å². The fraction of sp³-hybridized carbons (Fsp3) is 0.615. The highest BCUT2D eigenvalue weighted by atomic mass is 35.6. The molecule has 0 atom stereocenters. The van der Waals surface area contributed by atoms with Crippen molar-refractivity contribution in [2.75, 3.05) is 72.0 Å². The summed E-state index contributed by atoms with van der Waals surface area (Å²) in [5.41, 5.74) is 12.5. The number of anilines is 4. The van der Waals surface area contributed by atoms with Crippen LogP contribution in [0.15, 0.2) is 121 Å². The molecule has 0 aliphatic heterocycles. The number of nitrogens with zero attached hydrogens (tertiary/aromatic N) is 6. The van der Waals surface area contributed by atoms with E-state index in [9.17, 15) is 0 Å². The molecule has 4 aromatic carbocycles. The molecule has 0 spiro atoms. The lowest BCUT2D eigenvalue weighted by molar-refractivity contribution is -1.73. The number of rotatable bonds is 48. The van der Waals surface area contributed by atoms with Crippen molar-refractivity contribution in [3.05, 3.63) is 121 Å². The Hall–Kier alpha value is -4.76. The van der Waals surface area contributed by atoms with Crippen LogP contribution in [0.5, 0.6) is 0 Å². The van der Waals surface area contributed by atoms with E-state index >= 15 is 0 Å². The molecular weight excluding hydrogens is 1190 g/mol. The second-order valence-electron chi connectivity index (χ2n) is 25.1. The molecule has 0 fully saturated rings. The van der Waals surface area contributed by atoms with E-state index in [0.717, 1.165) is 52.4 Å². The smallest absolute Gasteiger partial charge is 0.212 e. The first-order chi connectivity index (χ1) is 44.9. The van der Waals surface area contributed by atoms with E-state index in [0.29, 0.717) is 0 Å². The maximum atomic E-state index is 8.41. The molecule has 0 aromatic heterocycles. The summed E-state index contributed by atoms with van der Waals surface area (Å²) in [5.74, 6) is 0. The average Bonchev–Trinajstić information content (AvgIpc) is 0.823. The number of halogens is 2. The van der Waals surface area contributed by atoms with Crippen LogP contribution in [0.3, 0.4) is 0 Å². The largest absolute Gasteiger partial charge is 0.372 e. The van der Waals surface area contributed by atoms with E-state index in [1.165, 1.54) is 262 Å². The first kappa shape index (κ1) is 81.5. The van der Waals surface area contributed by atoms with Crippen LogP contribution < -0.4 is 56.7 Å². The van der Waals surface area contributed by atoms with E-state index in [4.69, 9.17) is 28.0 Å². The van der Waals surface area contributed by atoms with Crippen LogP contribution in [-0.4, -0.2) is 63.8 Å². The molecular formula is C78H124Cl2N6O6. The molecule has 14 heteroatoms. The van der Waals surface area contributed by atoms with Crippen molar-refractivity contribution in [2.24, 2.45) is 0 Å². The monoisotopic (exact) mass is 1310 g/mol. The van der Waals surface area contributed by atoms with Gasteiger partial charge in [0.25, 0.3) is 0 Å². The van der Waals surface area contributed by atoms with E-state index in [-0.39, 0.29) is 0 Å². The summed E-state index contributed by atoms with van der Waals surface area (Å²) in [7, 11) is -5.70. The standard InChI is InChI=1S/C78H124N6.2ClO3/c1-9-17-25-33-61-79(62-34-26-18-10-2)69-41-49-73(50-42-69)83(74-51-43-70(44-52-74)80(63-35-27-19-11-3)64-36-28-20-12-4)77-57-59-78(60-58-77)84(75-53-45-71(46-54-75)81(65-37-29-21-13-5)66-38-30-22-14-6)76-55-47-72(48-56-76)82(67-39-31-23-15-7)68-40-32-24-16-8;2*2-1(3)4/h41-60H,9-40,61-68H2,1-8H3;;/q+2;2*-1. The summed E-state index contributed by atoms with van der Waals surface area (Å²) in [5, 5.41) is 0. The number of allylic oxidation sites excluding steroid dienone is 4. The van der Waals surface area contributed by atoms with Crippen LogP contribution in [0.25, 0.3) is 0 Å². The molecule has 1 aliphatic carbocycles. The molecule has 4 aromatic rings. The van der Waals surface area contributed by atoms with Gasteiger partial charge in [0.1, 0.15) is 0 Å². The van der Waals surface area contributed by atoms with Crippen molar-refractivity contribution in [1.29, 1.82) is 0 Å². The lowest BCUT2D eigenvalue weighted by atomic mass is 10.1. The fourth-order valence-corrected chi connectivity index (χ4v) is 12.2. The third kappa shape index (κ3) is 34.1. The predicted octanol–water partition coefficient (Wildman–Crippen LogP) is 15.8. The minimum absolute atomic E-state index is 1.13. The Morgan fingerprint density at radius 3 is 0.500 bits per heavy atom. The number of hydrogen-bond acceptors (Lipinski definition) is 10. The normalized spacial score (nSPS) is 11.9. The first-order valence-electron chi connectivity index (χ1n) is 36.5. The zero-order valence-corrected chi connectivity index (χ0v) is 60.2. The third-order valence-electron chi connectivity index (χ3n) is 17.5. The van der Waals surface area contributed by atoms with Gasteiger partial charge in [-0.1, -0.05) is 209 Å². The molecule has 0 saturated heterocycles. The summed E-state index contributed by atoms with van der Waals surface area (Å²) >= 11 is 0. The molecule has 0 radical (unpaired) electrons. The van der Waals surface area contributed by atoms with Crippen LogP contribution in [-0.2, 0) is 0 Å². The Labute approximate surface area is 566 Å². The summed E-state index contributed by atoms with van der Waals surface area (Å²) in [6, 6.07) is 38.4. The van der Waals surface area contributed by atoms with E-state index in [2.05, 4.69) is 206 Å². The zero-order chi connectivity index (χ0) is 66.8. The fourth-order valence-electron chi connectivity index (χ4n) is 12.2. The molecule has 0 N–H and O–H groups in total. The molecule has 0 amide bonds. The van der Waals surface area contributed by atoms with Gasteiger partial charge in [0.05, 0.1) is 21.6 Å². The summed E-state index contributed by atoms with van der Waals surface area (Å²) in [4.78, 5) is 10.7. The van der Waals surface area contributed by atoms with Crippen molar-refractivity contribution in [2.45, 2.75) is 261 Å². The van der Waals surface area contributed by atoms with Gasteiger partial charge in [-0.3, -0.25) is 0 Å². The molecule has 1 aliphatic rings. The molecule has 516 valence electrons. The van der Waals surface area contributed by atoms with Crippen LogP contribution in [0.4, 0.5) is 45.5 Å². The Morgan fingerprint density at radius 2 is 0.370 bits per heavy atom. The third-order valence-corrected chi connectivity index (χ3v) is 17.5. The zero-order valence-electron chi connectivity index (χ0n) is 58.7.